The zero-order valence-electron chi connectivity index (χ0n) is 17.5. The Kier molecular flexibility index (Phi) is 11.3. The van der Waals surface area contributed by atoms with Crippen LogP contribution in [0.3, 0.4) is 0 Å². The summed E-state index contributed by atoms with van der Waals surface area (Å²) in [6.07, 6.45) is 9.07. The predicted octanol–water partition coefficient (Wildman–Crippen LogP) is 3.24. The van der Waals surface area contributed by atoms with E-state index in [-0.39, 0.29) is 30.1 Å². The number of carbonyl (C=O) groups excluding carboxylic acids is 2. The molecule has 0 spiro atoms. The summed E-state index contributed by atoms with van der Waals surface area (Å²) >= 11 is 0. The largest absolute Gasteiger partial charge is 0.462 e. The number of hydrogen-bond acceptors (Lipinski definition) is 5. The van der Waals surface area contributed by atoms with Gasteiger partial charge in [-0.15, -0.1) is 0 Å². The summed E-state index contributed by atoms with van der Waals surface area (Å²) in [5, 5.41) is 2.88. The lowest BCUT2D eigenvalue weighted by Crippen LogP contribution is -2.57. The van der Waals surface area contributed by atoms with E-state index in [4.69, 9.17) is 15.2 Å². The maximum atomic E-state index is 12.4. The second-order valence-corrected chi connectivity index (χ2v) is 7.38. The third-order valence-corrected chi connectivity index (χ3v) is 5.01. The molecular formula is C21H38N2O4. The average Bonchev–Trinajstić information content (AvgIpc) is 2.64. The topological polar surface area (TPSA) is 90.6 Å². The molecule has 0 heterocycles. The summed E-state index contributed by atoms with van der Waals surface area (Å²) in [5.74, 6) is -0.472. The molecule has 0 fully saturated rings. The smallest absolute Gasteiger partial charge is 0.333 e. The van der Waals surface area contributed by atoms with E-state index in [9.17, 15) is 9.59 Å². The van der Waals surface area contributed by atoms with Crippen LogP contribution >= 0.6 is 0 Å². The van der Waals surface area contributed by atoms with Crippen LogP contribution in [0.15, 0.2) is 11.6 Å². The number of hydrogen-bond donors (Lipinski definition) is 2. The van der Waals surface area contributed by atoms with Crippen molar-refractivity contribution in [2.45, 2.75) is 103 Å². The Morgan fingerprint density at radius 1 is 1.19 bits per heavy atom. The highest BCUT2D eigenvalue weighted by Crippen LogP contribution is 2.24. The molecule has 0 unspecified atom stereocenters. The summed E-state index contributed by atoms with van der Waals surface area (Å²) in [6, 6.07) is -0.723. The number of unbranched alkanes of at least 4 members (excludes halogenated alkanes) is 4. The molecule has 3 atom stereocenters. The van der Waals surface area contributed by atoms with Gasteiger partial charge in [-0.05, 0) is 31.8 Å². The van der Waals surface area contributed by atoms with Gasteiger partial charge in [0.2, 0.25) is 5.91 Å². The van der Waals surface area contributed by atoms with Crippen molar-refractivity contribution in [2.24, 2.45) is 5.73 Å². The molecule has 6 nitrogen and oxygen atoms in total. The SMILES string of the molecule is CCCCCCCOC(=O)C1=C[C@@H](OC(CC)CC)[C@H](NC(C)=O)[C@@H](N)C1. The van der Waals surface area contributed by atoms with E-state index in [2.05, 4.69) is 26.1 Å². The Morgan fingerprint density at radius 2 is 1.85 bits per heavy atom. The highest BCUT2D eigenvalue weighted by Gasteiger charge is 2.35. The fourth-order valence-corrected chi connectivity index (χ4v) is 3.36. The van der Waals surface area contributed by atoms with E-state index in [1.807, 2.05) is 0 Å². The van der Waals surface area contributed by atoms with Crippen molar-refractivity contribution in [3.63, 3.8) is 0 Å². The minimum absolute atomic E-state index is 0.0589. The zero-order valence-corrected chi connectivity index (χ0v) is 17.5. The molecule has 1 aliphatic carbocycles. The van der Waals surface area contributed by atoms with Crippen molar-refractivity contribution in [1.29, 1.82) is 0 Å². The van der Waals surface area contributed by atoms with E-state index in [1.165, 1.54) is 26.2 Å². The number of esters is 1. The molecule has 0 saturated carbocycles. The van der Waals surface area contributed by atoms with E-state index in [0.29, 0.717) is 18.6 Å². The second kappa shape index (κ2) is 12.9. The standard InChI is InChI=1S/C21H38N2O4/c1-5-8-9-10-11-12-26-21(25)16-13-18(22)20(23-15(4)24)19(14-16)27-17(6-2)7-3/h14,17-20H,5-13,22H2,1-4H3,(H,23,24)/t18-,19+,20+/m0/s1. The van der Waals surface area contributed by atoms with Crippen LogP contribution in [0, 0.1) is 0 Å². The third-order valence-electron chi connectivity index (χ3n) is 5.01. The van der Waals surface area contributed by atoms with Crippen LogP contribution in [0.25, 0.3) is 0 Å². The zero-order chi connectivity index (χ0) is 20.2. The van der Waals surface area contributed by atoms with Crippen LogP contribution in [0.5, 0.6) is 0 Å². The molecule has 27 heavy (non-hydrogen) atoms. The third kappa shape index (κ3) is 8.43. The van der Waals surface area contributed by atoms with Gasteiger partial charge >= 0.3 is 5.97 Å². The molecule has 1 rings (SSSR count). The van der Waals surface area contributed by atoms with Gasteiger partial charge in [-0.1, -0.05) is 46.5 Å². The number of carbonyl (C=O) groups is 2. The molecular weight excluding hydrogens is 344 g/mol. The lowest BCUT2D eigenvalue weighted by atomic mass is 9.88. The minimum Gasteiger partial charge on any atom is -0.462 e. The van der Waals surface area contributed by atoms with Gasteiger partial charge in [0.1, 0.15) is 0 Å². The summed E-state index contributed by atoms with van der Waals surface area (Å²) in [4.78, 5) is 24.0. The van der Waals surface area contributed by atoms with Gasteiger partial charge in [0.25, 0.3) is 0 Å². The summed E-state index contributed by atoms with van der Waals surface area (Å²) < 4.78 is 11.6. The molecule has 0 aromatic rings. The van der Waals surface area contributed by atoms with Crippen LogP contribution in [0.1, 0.15) is 79.1 Å². The number of ether oxygens (including phenoxy) is 2. The first-order valence-electron chi connectivity index (χ1n) is 10.5. The first-order chi connectivity index (χ1) is 12.9. The first kappa shape index (κ1) is 23.6. The molecule has 1 amide bonds. The molecule has 0 aromatic heterocycles. The molecule has 0 radical (unpaired) electrons. The van der Waals surface area contributed by atoms with Gasteiger partial charge in [0.05, 0.1) is 24.9 Å². The van der Waals surface area contributed by atoms with Crippen LogP contribution in [-0.2, 0) is 19.1 Å². The van der Waals surface area contributed by atoms with Crippen molar-refractivity contribution in [3.05, 3.63) is 11.6 Å². The molecule has 0 aliphatic heterocycles. The normalized spacial score (nSPS) is 22.4. The Hall–Kier alpha value is -1.40. The van der Waals surface area contributed by atoms with Gasteiger partial charge in [0, 0.05) is 18.5 Å². The van der Waals surface area contributed by atoms with Gasteiger partial charge in [-0.3, -0.25) is 4.79 Å². The quantitative estimate of drug-likeness (QED) is 0.399. The molecule has 0 bridgehead atoms. The average molecular weight is 383 g/mol. The summed E-state index contributed by atoms with van der Waals surface area (Å²) in [5.41, 5.74) is 6.82. The maximum Gasteiger partial charge on any atom is 0.333 e. The number of rotatable bonds is 12. The molecule has 3 N–H and O–H groups in total. The molecule has 1 aliphatic rings. The Morgan fingerprint density at radius 3 is 2.44 bits per heavy atom. The lowest BCUT2D eigenvalue weighted by Gasteiger charge is -2.36. The molecule has 0 saturated heterocycles. The van der Waals surface area contributed by atoms with Gasteiger partial charge in [0.15, 0.2) is 0 Å². The van der Waals surface area contributed by atoms with E-state index in [0.717, 1.165) is 25.7 Å². The minimum atomic E-state index is -0.422. The van der Waals surface area contributed by atoms with Gasteiger partial charge in [-0.25, -0.2) is 4.79 Å². The van der Waals surface area contributed by atoms with Crippen molar-refractivity contribution >= 4 is 11.9 Å². The Balaban J connectivity index is 2.72. The monoisotopic (exact) mass is 382 g/mol. The van der Waals surface area contributed by atoms with Crippen LogP contribution in [0.4, 0.5) is 0 Å². The predicted molar refractivity (Wildman–Crippen MR) is 107 cm³/mol. The highest BCUT2D eigenvalue weighted by molar-refractivity contribution is 5.89. The Bertz CT molecular complexity index is 489. The number of nitrogens with two attached hydrogens (primary N) is 1. The van der Waals surface area contributed by atoms with Crippen LogP contribution < -0.4 is 11.1 Å². The van der Waals surface area contributed by atoms with E-state index >= 15 is 0 Å². The fourth-order valence-electron chi connectivity index (χ4n) is 3.36. The van der Waals surface area contributed by atoms with Crippen LogP contribution in [-0.4, -0.2) is 42.8 Å². The van der Waals surface area contributed by atoms with E-state index in [1.54, 1.807) is 6.08 Å². The summed E-state index contributed by atoms with van der Waals surface area (Å²) in [6.45, 7) is 8.19. The van der Waals surface area contributed by atoms with Crippen LogP contribution in [0.2, 0.25) is 0 Å². The lowest BCUT2D eigenvalue weighted by molar-refractivity contribution is -0.139. The number of nitrogens with one attached hydrogen (secondary N) is 1. The van der Waals surface area contributed by atoms with Crippen molar-refractivity contribution in [3.8, 4) is 0 Å². The van der Waals surface area contributed by atoms with Crippen molar-refractivity contribution < 1.29 is 19.1 Å². The Labute approximate surface area is 164 Å². The van der Waals surface area contributed by atoms with Crippen molar-refractivity contribution in [1.82, 2.24) is 5.32 Å². The maximum absolute atomic E-state index is 12.4. The second-order valence-electron chi connectivity index (χ2n) is 7.38. The first-order valence-corrected chi connectivity index (χ1v) is 10.5. The molecule has 6 heteroatoms. The fraction of sp³-hybridized carbons (Fsp3) is 0.810. The highest BCUT2D eigenvalue weighted by atomic mass is 16.5. The summed E-state index contributed by atoms with van der Waals surface area (Å²) in [7, 11) is 0. The molecule has 156 valence electrons. The van der Waals surface area contributed by atoms with Crippen molar-refractivity contribution in [2.75, 3.05) is 6.61 Å². The van der Waals surface area contributed by atoms with E-state index < -0.39 is 6.10 Å². The molecule has 0 aromatic carbocycles. The van der Waals surface area contributed by atoms with Gasteiger partial charge in [-0.2, -0.15) is 0 Å². The number of amides is 1. The van der Waals surface area contributed by atoms with Gasteiger partial charge < -0.3 is 20.5 Å².